The van der Waals surface area contributed by atoms with Crippen LogP contribution in [0.5, 0.6) is 0 Å². The van der Waals surface area contributed by atoms with Crippen LogP contribution in [0, 0.1) is 5.92 Å². The van der Waals surface area contributed by atoms with Gasteiger partial charge in [-0.2, -0.15) is 0 Å². The van der Waals surface area contributed by atoms with Gasteiger partial charge in [0.05, 0.1) is 11.1 Å². The maximum absolute atomic E-state index is 12.5. The predicted molar refractivity (Wildman–Crippen MR) is 86.0 cm³/mol. The van der Waals surface area contributed by atoms with Gasteiger partial charge in [-0.05, 0) is 43.7 Å². The summed E-state index contributed by atoms with van der Waals surface area (Å²) in [4.78, 5) is 39.9. The van der Waals surface area contributed by atoms with Gasteiger partial charge in [0.15, 0.2) is 0 Å². The SMILES string of the molecule is CC1CCC(N(C)C(=O)CN2C(=O)c3ccccc3C2=O)CC1. The molecule has 0 atom stereocenters. The highest BCUT2D eigenvalue weighted by Gasteiger charge is 2.37. The van der Waals surface area contributed by atoms with Crippen molar-refractivity contribution >= 4 is 17.7 Å². The van der Waals surface area contributed by atoms with E-state index < -0.39 is 0 Å². The average Bonchev–Trinajstić information content (AvgIpc) is 2.80. The molecule has 1 fully saturated rings. The number of nitrogens with zero attached hydrogens (tertiary/aromatic N) is 2. The van der Waals surface area contributed by atoms with Gasteiger partial charge in [0.2, 0.25) is 5.91 Å². The molecule has 1 aliphatic heterocycles. The molecule has 0 N–H and O–H groups in total. The van der Waals surface area contributed by atoms with Gasteiger partial charge < -0.3 is 4.90 Å². The molecular weight excluding hydrogens is 292 g/mol. The minimum atomic E-state index is -0.371. The Balaban J connectivity index is 1.67. The first-order valence-electron chi connectivity index (χ1n) is 8.20. The molecule has 0 radical (unpaired) electrons. The summed E-state index contributed by atoms with van der Waals surface area (Å²) in [5, 5.41) is 0. The summed E-state index contributed by atoms with van der Waals surface area (Å²) in [6.45, 7) is 2.06. The fraction of sp³-hybridized carbons (Fsp3) is 0.500. The van der Waals surface area contributed by atoms with E-state index in [0.717, 1.165) is 30.6 Å². The second-order valence-electron chi connectivity index (χ2n) is 6.66. The Bertz CT molecular complexity index is 612. The van der Waals surface area contributed by atoms with Crippen molar-refractivity contribution in [1.82, 2.24) is 9.80 Å². The van der Waals surface area contributed by atoms with Crippen molar-refractivity contribution in [2.45, 2.75) is 38.6 Å². The number of hydrogen-bond acceptors (Lipinski definition) is 3. The molecule has 0 aromatic heterocycles. The molecule has 1 aromatic carbocycles. The van der Waals surface area contributed by atoms with Gasteiger partial charge in [0.1, 0.15) is 6.54 Å². The fourth-order valence-electron chi connectivity index (χ4n) is 3.46. The minimum absolute atomic E-state index is 0.168. The number of likely N-dealkylation sites (N-methyl/N-ethyl adjacent to an activating group) is 1. The van der Waals surface area contributed by atoms with E-state index >= 15 is 0 Å². The van der Waals surface area contributed by atoms with Crippen LogP contribution in [0.4, 0.5) is 0 Å². The van der Waals surface area contributed by atoms with E-state index in [1.54, 1.807) is 36.2 Å². The summed E-state index contributed by atoms with van der Waals surface area (Å²) in [6, 6.07) is 6.93. The predicted octanol–water partition coefficient (Wildman–Crippen LogP) is 2.32. The monoisotopic (exact) mass is 314 g/mol. The van der Waals surface area contributed by atoms with Crippen LogP contribution in [-0.2, 0) is 4.79 Å². The van der Waals surface area contributed by atoms with E-state index in [0.29, 0.717) is 17.0 Å². The summed E-state index contributed by atoms with van der Waals surface area (Å²) in [5.74, 6) is -0.195. The molecule has 1 aliphatic carbocycles. The van der Waals surface area contributed by atoms with Gasteiger partial charge in [-0.25, -0.2) is 0 Å². The summed E-state index contributed by atoms with van der Waals surface area (Å²) >= 11 is 0. The van der Waals surface area contributed by atoms with Crippen LogP contribution in [0.25, 0.3) is 0 Å². The first kappa shape index (κ1) is 15.7. The number of hydrogen-bond donors (Lipinski definition) is 0. The third kappa shape index (κ3) is 2.87. The highest BCUT2D eigenvalue weighted by molar-refractivity contribution is 6.22. The number of fused-ring (bicyclic) bond motifs is 1. The Morgan fingerprint density at radius 2 is 1.61 bits per heavy atom. The molecular formula is C18H22N2O3. The normalized spacial score (nSPS) is 23.8. The van der Waals surface area contributed by atoms with Crippen molar-refractivity contribution in [2.24, 2.45) is 5.92 Å². The average molecular weight is 314 g/mol. The molecule has 0 spiro atoms. The van der Waals surface area contributed by atoms with Crippen LogP contribution >= 0.6 is 0 Å². The molecule has 3 rings (SSSR count). The first-order chi connectivity index (χ1) is 11.0. The van der Waals surface area contributed by atoms with E-state index in [-0.39, 0.29) is 30.3 Å². The number of carbonyl (C=O) groups is 3. The lowest BCUT2D eigenvalue weighted by Gasteiger charge is -2.34. The highest BCUT2D eigenvalue weighted by Crippen LogP contribution is 2.27. The Kier molecular flexibility index (Phi) is 4.20. The third-order valence-corrected chi connectivity index (χ3v) is 5.10. The maximum atomic E-state index is 12.5. The lowest BCUT2D eigenvalue weighted by Crippen LogP contribution is -2.46. The Morgan fingerprint density at radius 1 is 1.09 bits per heavy atom. The van der Waals surface area contributed by atoms with Crippen molar-refractivity contribution in [3.05, 3.63) is 35.4 Å². The zero-order valence-corrected chi connectivity index (χ0v) is 13.6. The van der Waals surface area contributed by atoms with Crippen molar-refractivity contribution in [3.63, 3.8) is 0 Å². The fourth-order valence-corrected chi connectivity index (χ4v) is 3.46. The van der Waals surface area contributed by atoms with Gasteiger partial charge in [0.25, 0.3) is 11.8 Å². The summed E-state index contributed by atoms with van der Waals surface area (Å²) in [5.41, 5.74) is 0.777. The summed E-state index contributed by atoms with van der Waals surface area (Å²) < 4.78 is 0. The van der Waals surface area contributed by atoms with Crippen LogP contribution in [0.15, 0.2) is 24.3 Å². The Labute approximate surface area is 136 Å². The highest BCUT2D eigenvalue weighted by atomic mass is 16.2. The van der Waals surface area contributed by atoms with E-state index in [9.17, 15) is 14.4 Å². The van der Waals surface area contributed by atoms with Gasteiger partial charge in [-0.3, -0.25) is 19.3 Å². The Hall–Kier alpha value is -2.17. The van der Waals surface area contributed by atoms with Gasteiger partial charge >= 0.3 is 0 Å². The summed E-state index contributed by atoms with van der Waals surface area (Å²) in [6.07, 6.45) is 4.22. The third-order valence-electron chi connectivity index (χ3n) is 5.10. The van der Waals surface area contributed by atoms with E-state index in [2.05, 4.69) is 6.92 Å². The second kappa shape index (κ2) is 6.14. The lowest BCUT2D eigenvalue weighted by atomic mass is 9.87. The van der Waals surface area contributed by atoms with Crippen molar-refractivity contribution in [3.8, 4) is 0 Å². The Morgan fingerprint density at radius 3 is 2.13 bits per heavy atom. The molecule has 1 aromatic rings. The molecule has 1 saturated carbocycles. The number of carbonyl (C=O) groups excluding carboxylic acids is 3. The van der Waals surface area contributed by atoms with Crippen molar-refractivity contribution in [2.75, 3.05) is 13.6 Å². The minimum Gasteiger partial charge on any atom is -0.341 e. The molecule has 23 heavy (non-hydrogen) atoms. The standard InChI is InChI=1S/C18H22N2O3/c1-12-7-9-13(10-8-12)19(2)16(21)11-20-17(22)14-5-3-4-6-15(14)18(20)23/h3-6,12-13H,7-11H2,1-2H3. The van der Waals surface area contributed by atoms with Crippen LogP contribution in [0.3, 0.4) is 0 Å². The number of rotatable bonds is 3. The number of amides is 3. The van der Waals surface area contributed by atoms with E-state index in [1.807, 2.05) is 0 Å². The van der Waals surface area contributed by atoms with Crippen molar-refractivity contribution < 1.29 is 14.4 Å². The van der Waals surface area contributed by atoms with Crippen LogP contribution < -0.4 is 0 Å². The molecule has 0 saturated heterocycles. The molecule has 0 unspecified atom stereocenters. The molecule has 3 amide bonds. The molecule has 2 aliphatic rings. The first-order valence-corrected chi connectivity index (χ1v) is 8.20. The quantitative estimate of drug-likeness (QED) is 0.805. The number of benzene rings is 1. The second-order valence-corrected chi connectivity index (χ2v) is 6.66. The molecule has 5 nitrogen and oxygen atoms in total. The van der Waals surface area contributed by atoms with Crippen molar-refractivity contribution in [1.29, 1.82) is 0 Å². The number of imide groups is 1. The summed E-state index contributed by atoms with van der Waals surface area (Å²) in [7, 11) is 1.78. The molecule has 122 valence electrons. The van der Waals surface area contributed by atoms with Gasteiger partial charge in [-0.1, -0.05) is 19.1 Å². The lowest BCUT2D eigenvalue weighted by molar-refractivity contribution is -0.133. The van der Waals surface area contributed by atoms with Crippen LogP contribution in [-0.4, -0.2) is 47.2 Å². The van der Waals surface area contributed by atoms with Gasteiger partial charge in [0, 0.05) is 13.1 Å². The molecule has 5 heteroatoms. The topological polar surface area (TPSA) is 57.7 Å². The zero-order chi connectivity index (χ0) is 16.6. The van der Waals surface area contributed by atoms with Crippen LogP contribution in [0.1, 0.15) is 53.3 Å². The largest absolute Gasteiger partial charge is 0.341 e. The van der Waals surface area contributed by atoms with Crippen LogP contribution in [0.2, 0.25) is 0 Å². The van der Waals surface area contributed by atoms with E-state index in [4.69, 9.17) is 0 Å². The zero-order valence-electron chi connectivity index (χ0n) is 13.6. The van der Waals surface area contributed by atoms with E-state index in [1.165, 1.54) is 0 Å². The van der Waals surface area contributed by atoms with Gasteiger partial charge in [-0.15, -0.1) is 0 Å². The maximum Gasteiger partial charge on any atom is 0.262 e. The molecule has 0 bridgehead atoms. The molecule has 1 heterocycles. The smallest absolute Gasteiger partial charge is 0.262 e.